The molecule has 0 saturated carbocycles. The van der Waals surface area contributed by atoms with Crippen molar-refractivity contribution in [3.63, 3.8) is 0 Å². The first-order valence-corrected chi connectivity index (χ1v) is 2.25. The first-order valence-electron chi connectivity index (χ1n) is 2.25. The Labute approximate surface area is 37.6 Å². The van der Waals surface area contributed by atoms with Crippen molar-refractivity contribution in [2.75, 3.05) is 6.61 Å². The molecule has 0 saturated heterocycles. The summed E-state index contributed by atoms with van der Waals surface area (Å²) >= 11 is 0. The van der Waals surface area contributed by atoms with Crippen LogP contribution in [0.5, 0.6) is 0 Å². The first kappa shape index (κ1) is 3.72. The van der Waals surface area contributed by atoms with Crippen molar-refractivity contribution >= 4 is 0 Å². The molecule has 1 aliphatic heterocycles. The molecule has 1 heterocycles. The largest absolute Gasteiger partial charge is 0.494 e. The molecule has 0 bridgehead atoms. The zero-order valence-electron chi connectivity index (χ0n) is 3.90. The lowest BCUT2D eigenvalue weighted by Crippen LogP contribution is -2.02. The van der Waals surface area contributed by atoms with E-state index in [1.807, 2.05) is 0 Å². The molecular weight excluding hydrogens is 76.1 g/mol. The standard InChI is InChI=1S/C5H8O/c1-2-5-3-4-6-5/h3H,2,4H2,1H3. The van der Waals surface area contributed by atoms with Crippen molar-refractivity contribution < 1.29 is 4.74 Å². The molecule has 0 aromatic rings. The van der Waals surface area contributed by atoms with Crippen molar-refractivity contribution in [3.8, 4) is 0 Å². The average Bonchev–Trinajstić information content (AvgIpc) is 1.31. The minimum absolute atomic E-state index is 0.836. The van der Waals surface area contributed by atoms with Gasteiger partial charge in [-0.1, -0.05) is 6.92 Å². The Morgan fingerprint density at radius 3 is 2.67 bits per heavy atom. The number of hydrogen-bond acceptors (Lipinski definition) is 1. The highest BCUT2D eigenvalue weighted by atomic mass is 16.5. The molecule has 0 N–H and O–H groups in total. The van der Waals surface area contributed by atoms with Gasteiger partial charge >= 0.3 is 0 Å². The summed E-state index contributed by atoms with van der Waals surface area (Å²) in [6.45, 7) is 2.92. The topological polar surface area (TPSA) is 9.23 Å². The van der Waals surface area contributed by atoms with Crippen LogP contribution in [0.25, 0.3) is 0 Å². The van der Waals surface area contributed by atoms with E-state index in [1.165, 1.54) is 0 Å². The van der Waals surface area contributed by atoms with Crippen LogP contribution in [0.15, 0.2) is 11.8 Å². The van der Waals surface area contributed by atoms with Crippen LogP contribution in [0.1, 0.15) is 13.3 Å². The second kappa shape index (κ2) is 1.33. The van der Waals surface area contributed by atoms with Gasteiger partial charge in [0.1, 0.15) is 6.61 Å². The van der Waals surface area contributed by atoms with Crippen LogP contribution in [0.4, 0.5) is 0 Å². The molecule has 0 aliphatic carbocycles. The third kappa shape index (κ3) is 0.402. The van der Waals surface area contributed by atoms with Gasteiger partial charge in [0.25, 0.3) is 0 Å². The van der Waals surface area contributed by atoms with Gasteiger partial charge in [-0.25, -0.2) is 0 Å². The summed E-state index contributed by atoms with van der Waals surface area (Å²) in [5.74, 6) is 1.15. The summed E-state index contributed by atoms with van der Waals surface area (Å²) in [4.78, 5) is 0. The van der Waals surface area contributed by atoms with Crippen molar-refractivity contribution in [1.29, 1.82) is 0 Å². The number of hydrogen-bond donors (Lipinski definition) is 0. The first-order chi connectivity index (χ1) is 2.93. The molecule has 0 amide bonds. The van der Waals surface area contributed by atoms with Gasteiger partial charge in [-0.2, -0.15) is 0 Å². The fraction of sp³-hybridized carbons (Fsp3) is 0.600. The zero-order valence-corrected chi connectivity index (χ0v) is 3.90. The van der Waals surface area contributed by atoms with Gasteiger partial charge in [-0.15, -0.1) is 0 Å². The maximum Gasteiger partial charge on any atom is 0.109 e. The fourth-order valence-electron chi connectivity index (χ4n) is 0.448. The summed E-state index contributed by atoms with van der Waals surface area (Å²) in [5, 5.41) is 0. The Morgan fingerprint density at radius 2 is 2.67 bits per heavy atom. The molecule has 0 radical (unpaired) electrons. The van der Waals surface area contributed by atoms with Crippen LogP contribution in [0, 0.1) is 0 Å². The molecular formula is C5H8O. The Balaban J connectivity index is 2.32. The molecule has 1 heteroatoms. The van der Waals surface area contributed by atoms with E-state index in [2.05, 4.69) is 13.0 Å². The third-order valence-corrected chi connectivity index (χ3v) is 0.928. The van der Waals surface area contributed by atoms with E-state index >= 15 is 0 Å². The molecule has 0 spiro atoms. The molecule has 1 nitrogen and oxygen atoms in total. The van der Waals surface area contributed by atoms with E-state index in [1.54, 1.807) is 0 Å². The predicted molar refractivity (Wildman–Crippen MR) is 24.3 cm³/mol. The molecule has 1 rings (SSSR count). The summed E-state index contributed by atoms with van der Waals surface area (Å²) in [7, 11) is 0. The zero-order chi connectivity index (χ0) is 4.41. The smallest absolute Gasteiger partial charge is 0.109 e. The van der Waals surface area contributed by atoms with E-state index in [4.69, 9.17) is 4.74 Å². The molecule has 1 aliphatic rings. The summed E-state index contributed by atoms with van der Waals surface area (Å²) in [6.07, 6.45) is 3.15. The van der Waals surface area contributed by atoms with E-state index in [-0.39, 0.29) is 0 Å². The number of ether oxygens (including phenoxy) is 1. The lowest BCUT2D eigenvalue weighted by molar-refractivity contribution is 0.188. The number of rotatable bonds is 1. The lowest BCUT2D eigenvalue weighted by Gasteiger charge is -2.13. The average molecular weight is 84.1 g/mol. The molecule has 0 unspecified atom stereocenters. The van der Waals surface area contributed by atoms with E-state index in [0.717, 1.165) is 18.8 Å². The summed E-state index contributed by atoms with van der Waals surface area (Å²) in [6, 6.07) is 0. The van der Waals surface area contributed by atoms with E-state index in [0.29, 0.717) is 0 Å². The van der Waals surface area contributed by atoms with Crippen molar-refractivity contribution in [3.05, 3.63) is 11.8 Å². The van der Waals surface area contributed by atoms with Gasteiger partial charge in [-0.3, -0.25) is 0 Å². The van der Waals surface area contributed by atoms with Crippen LogP contribution in [-0.2, 0) is 4.74 Å². The van der Waals surface area contributed by atoms with Crippen molar-refractivity contribution in [1.82, 2.24) is 0 Å². The summed E-state index contributed by atoms with van der Waals surface area (Å²) < 4.78 is 4.94. The van der Waals surface area contributed by atoms with Crippen LogP contribution >= 0.6 is 0 Å². The van der Waals surface area contributed by atoms with Crippen LogP contribution in [-0.4, -0.2) is 6.61 Å². The molecule has 0 atom stereocenters. The Bertz CT molecular complexity index is 74.0. The van der Waals surface area contributed by atoms with Gasteiger partial charge in [0.15, 0.2) is 0 Å². The van der Waals surface area contributed by atoms with Crippen LogP contribution in [0.3, 0.4) is 0 Å². The molecule has 6 heavy (non-hydrogen) atoms. The Hall–Kier alpha value is -0.460. The number of allylic oxidation sites excluding steroid dienone is 1. The fourth-order valence-corrected chi connectivity index (χ4v) is 0.448. The summed E-state index contributed by atoms with van der Waals surface area (Å²) in [5.41, 5.74) is 0. The van der Waals surface area contributed by atoms with E-state index in [9.17, 15) is 0 Å². The highest BCUT2D eigenvalue weighted by Gasteiger charge is 2.00. The monoisotopic (exact) mass is 84.1 g/mol. The van der Waals surface area contributed by atoms with Crippen molar-refractivity contribution in [2.45, 2.75) is 13.3 Å². The highest BCUT2D eigenvalue weighted by Crippen LogP contribution is 2.10. The van der Waals surface area contributed by atoms with Crippen molar-refractivity contribution in [2.24, 2.45) is 0 Å². The maximum atomic E-state index is 4.94. The minimum atomic E-state index is 0.836. The molecule has 0 aromatic carbocycles. The van der Waals surface area contributed by atoms with Gasteiger partial charge < -0.3 is 4.74 Å². The van der Waals surface area contributed by atoms with Gasteiger partial charge in [-0.05, 0) is 6.08 Å². The second-order valence-electron chi connectivity index (χ2n) is 1.33. The normalized spacial score (nSPS) is 17.8. The van der Waals surface area contributed by atoms with Crippen LogP contribution < -0.4 is 0 Å². The Morgan fingerprint density at radius 1 is 2.00 bits per heavy atom. The Kier molecular flexibility index (Phi) is 0.825. The quantitative estimate of drug-likeness (QED) is 0.465. The third-order valence-electron chi connectivity index (χ3n) is 0.928. The van der Waals surface area contributed by atoms with Gasteiger partial charge in [0.2, 0.25) is 0 Å². The second-order valence-corrected chi connectivity index (χ2v) is 1.33. The van der Waals surface area contributed by atoms with Crippen LogP contribution in [0.2, 0.25) is 0 Å². The lowest BCUT2D eigenvalue weighted by atomic mass is 10.3. The molecule has 0 fully saturated rings. The molecule has 0 aromatic heterocycles. The maximum absolute atomic E-state index is 4.94. The highest BCUT2D eigenvalue weighted by molar-refractivity contribution is 5.00. The van der Waals surface area contributed by atoms with Gasteiger partial charge in [0.05, 0.1) is 5.76 Å². The van der Waals surface area contributed by atoms with Gasteiger partial charge in [0, 0.05) is 6.42 Å². The SMILES string of the molecule is CCC1=CCO1. The van der Waals surface area contributed by atoms with E-state index < -0.39 is 0 Å². The minimum Gasteiger partial charge on any atom is -0.494 e. The molecule has 34 valence electrons. The predicted octanol–water partition coefficient (Wildman–Crippen LogP) is 1.31.